The third kappa shape index (κ3) is 2.94. The lowest BCUT2D eigenvalue weighted by molar-refractivity contribution is 0.404. The van der Waals surface area contributed by atoms with Crippen molar-refractivity contribution in [3.63, 3.8) is 0 Å². The van der Waals surface area contributed by atoms with E-state index in [9.17, 15) is 0 Å². The monoisotopic (exact) mass is 258 g/mol. The van der Waals surface area contributed by atoms with Crippen molar-refractivity contribution in [3.8, 4) is 0 Å². The van der Waals surface area contributed by atoms with Gasteiger partial charge in [-0.05, 0) is 69.2 Å². The molecule has 1 aromatic carbocycles. The normalized spacial score (nSPS) is 27.8. The van der Waals surface area contributed by atoms with Crippen LogP contribution in [0.4, 0.5) is 5.69 Å². The Bertz CT molecular complexity index is 429. The summed E-state index contributed by atoms with van der Waals surface area (Å²) in [7, 11) is 0. The van der Waals surface area contributed by atoms with E-state index in [0.29, 0.717) is 12.1 Å². The Hall–Kier alpha value is -1.02. The number of fused-ring (bicyclic) bond motifs is 1. The van der Waals surface area contributed by atoms with Crippen LogP contribution in [0, 0.1) is 0 Å². The van der Waals surface area contributed by atoms with Crippen LogP contribution in [0.3, 0.4) is 0 Å². The first kappa shape index (κ1) is 13.0. The van der Waals surface area contributed by atoms with Gasteiger partial charge in [-0.3, -0.25) is 0 Å². The van der Waals surface area contributed by atoms with Crippen LogP contribution in [-0.2, 0) is 12.8 Å². The lowest BCUT2D eigenvalue weighted by Crippen LogP contribution is -2.43. The van der Waals surface area contributed by atoms with Gasteiger partial charge in [0.25, 0.3) is 0 Å². The Balaban J connectivity index is 1.76. The fraction of sp³-hybridized carbons (Fsp3) is 0.647. The maximum absolute atomic E-state index is 3.67. The zero-order valence-electron chi connectivity index (χ0n) is 12.3. The van der Waals surface area contributed by atoms with Crippen LogP contribution < -0.4 is 10.2 Å². The summed E-state index contributed by atoms with van der Waals surface area (Å²) in [6.07, 6.45) is 6.39. The molecule has 104 valence electrons. The van der Waals surface area contributed by atoms with Crippen molar-refractivity contribution in [2.75, 3.05) is 18.0 Å². The van der Waals surface area contributed by atoms with Crippen molar-refractivity contribution in [2.24, 2.45) is 0 Å². The molecule has 0 aromatic heterocycles. The highest BCUT2D eigenvalue weighted by Crippen LogP contribution is 2.27. The van der Waals surface area contributed by atoms with Gasteiger partial charge in [-0.25, -0.2) is 0 Å². The van der Waals surface area contributed by atoms with E-state index in [1.807, 2.05) is 0 Å². The molecule has 1 N–H and O–H groups in total. The third-order valence-electron chi connectivity index (χ3n) is 4.68. The van der Waals surface area contributed by atoms with Crippen LogP contribution in [0.2, 0.25) is 0 Å². The first-order chi connectivity index (χ1) is 9.22. The average Bonchev–Trinajstić information content (AvgIpc) is 2.83. The molecule has 0 spiro atoms. The number of rotatable bonds is 1. The maximum atomic E-state index is 3.67. The topological polar surface area (TPSA) is 15.3 Å². The van der Waals surface area contributed by atoms with Crippen molar-refractivity contribution in [3.05, 3.63) is 29.3 Å². The predicted molar refractivity (Wildman–Crippen MR) is 82.0 cm³/mol. The van der Waals surface area contributed by atoms with E-state index in [0.717, 1.165) is 0 Å². The Kier molecular flexibility index (Phi) is 3.79. The molecule has 3 rings (SSSR count). The first-order valence-corrected chi connectivity index (χ1v) is 7.85. The van der Waals surface area contributed by atoms with E-state index in [1.165, 1.54) is 50.9 Å². The average molecular weight is 258 g/mol. The molecule has 2 aliphatic rings. The lowest BCUT2D eigenvalue weighted by atomic mass is 10.1. The van der Waals surface area contributed by atoms with Gasteiger partial charge in [0, 0.05) is 30.9 Å². The number of hydrogen-bond donors (Lipinski definition) is 1. The number of anilines is 1. The van der Waals surface area contributed by atoms with Crippen LogP contribution in [0.1, 0.15) is 44.2 Å². The quantitative estimate of drug-likeness (QED) is 0.832. The molecule has 2 heteroatoms. The zero-order chi connectivity index (χ0) is 13.2. The highest BCUT2D eigenvalue weighted by molar-refractivity contribution is 5.52. The minimum Gasteiger partial charge on any atom is -0.371 e. The molecular weight excluding hydrogens is 232 g/mol. The molecule has 1 aromatic rings. The molecule has 1 aliphatic heterocycles. The third-order valence-corrected chi connectivity index (χ3v) is 4.68. The molecular formula is C17H26N2. The van der Waals surface area contributed by atoms with Crippen LogP contribution in [0.5, 0.6) is 0 Å². The SMILES string of the molecule is CC1CCN(c2ccc3c(c2)CCC3)CCC(C)N1. The Morgan fingerprint density at radius 1 is 1.00 bits per heavy atom. The number of nitrogens with zero attached hydrogens (tertiary/aromatic N) is 1. The van der Waals surface area contributed by atoms with Gasteiger partial charge >= 0.3 is 0 Å². The van der Waals surface area contributed by atoms with Gasteiger partial charge in [0.05, 0.1) is 0 Å². The number of nitrogens with one attached hydrogen (secondary N) is 1. The second-order valence-electron chi connectivity index (χ2n) is 6.34. The lowest BCUT2D eigenvalue weighted by Gasteiger charge is -2.32. The van der Waals surface area contributed by atoms with Crippen LogP contribution in [0.25, 0.3) is 0 Å². The van der Waals surface area contributed by atoms with Gasteiger partial charge in [-0.15, -0.1) is 0 Å². The summed E-state index contributed by atoms with van der Waals surface area (Å²) >= 11 is 0. The minimum absolute atomic E-state index is 0.632. The van der Waals surface area contributed by atoms with Crippen molar-refractivity contribution < 1.29 is 0 Å². The Morgan fingerprint density at radius 2 is 1.68 bits per heavy atom. The molecule has 19 heavy (non-hydrogen) atoms. The van der Waals surface area contributed by atoms with Crippen LogP contribution in [0.15, 0.2) is 18.2 Å². The molecule has 1 aliphatic carbocycles. The standard InChI is InChI=1S/C17H26N2/c1-13-8-10-19(11-9-14(2)18-13)17-7-6-15-4-3-5-16(15)12-17/h6-7,12-14,18H,3-5,8-11H2,1-2H3. The van der Waals surface area contributed by atoms with Crippen molar-refractivity contribution >= 4 is 5.69 Å². The van der Waals surface area contributed by atoms with E-state index in [1.54, 1.807) is 11.1 Å². The second-order valence-corrected chi connectivity index (χ2v) is 6.34. The molecule has 1 saturated heterocycles. The molecule has 2 nitrogen and oxygen atoms in total. The van der Waals surface area contributed by atoms with Crippen molar-refractivity contribution in [2.45, 2.75) is 58.0 Å². The number of aryl methyl sites for hydroxylation is 2. The number of benzene rings is 1. The Labute approximate surface area is 117 Å². The predicted octanol–water partition coefficient (Wildman–Crippen LogP) is 3.14. The highest BCUT2D eigenvalue weighted by atomic mass is 15.1. The van der Waals surface area contributed by atoms with E-state index >= 15 is 0 Å². The van der Waals surface area contributed by atoms with Crippen LogP contribution >= 0.6 is 0 Å². The largest absolute Gasteiger partial charge is 0.371 e. The van der Waals surface area contributed by atoms with Crippen molar-refractivity contribution in [1.29, 1.82) is 0 Å². The fourth-order valence-electron chi connectivity index (χ4n) is 3.48. The summed E-state index contributed by atoms with van der Waals surface area (Å²) in [5.74, 6) is 0. The van der Waals surface area contributed by atoms with Gasteiger partial charge in [-0.2, -0.15) is 0 Å². The smallest absolute Gasteiger partial charge is 0.0369 e. The second kappa shape index (κ2) is 5.54. The molecule has 0 bridgehead atoms. The van der Waals surface area contributed by atoms with Crippen molar-refractivity contribution in [1.82, 2.24) is 5.32 Å². The van der Waals surface area contributed by atoms with E-state index < -0.39 is 0 Å². The number of hydrogen-bond acceptors (Lipinski definition) is 2. The fourth-order valence-corrected chi connectivity index (χ4v) is 3.48. The molecule has 0 radical (unpaired) electrons. The zero-order valence-corrected chi connectivity index (χ0v) is 12.3. The van der Waals surface area contributed by atoms with E-state index in [4.69, 9.17) is 0 Å². The molecule has 2 atom stereocenters. The summed E-state index contributed by atoms with van der Waals surface area (Å²) in [6, 6.07) is 8.42. The Morgan fingerprint density at radius 3 is 2.42 bits per heavy atom. The summed E-state index contributed by atoms with van der Waals surface area (Å²) in [4.78, 5) is 2.59. The molecule has 1 fully saturated rings. The van der Waals surface area contributed by atoms with Crippen LogP contribution in [-0.4, -0.2) is 25.2 Å². The molecule has 0 amide bonds. The van der Waals surface area contributed by atoms with Gasteiger partial charge < -0.3 is 10.2 Å². The summed E-state index contributed by atoms with van der Waals surface area (Å²) in [5.41, 5.74) is 4.62. The van der Waals surface area contributed by atoms with Gasteiger partial charge in [0.1, 0.15) is 0 Å². The summed E-state index contributed by atoms with van der Waals surface area (Å²) in [5, 5.41) is 3.67. The minimum atomic E-state index is 0.632. The van der Waals surface area contributed by atoms with E-state index in [-0.39, 0.29) is 0 Å². The summed E-state index contributed by atoms with van der Waals surface area (Å²) in [6.45, 7) is 6.98. The van der Waals surface area contributed by atoms with Gasteiger partial charge in [0.15, 0.2) is 0 Å². The maximum Gasteiger partial charge on any atom is 0.0369 e. The van der Waals surface area contributed by atoms with Gasteiger partial charge in [0.2, 0.25) is 0 Å². The molecule has 2 unspecified atom stereocenters. The molecule has 0 saturated carbocycles. The molecule has 1 heterocycles. The first-order valence-electron chi connectivity index (χ1n) is 7.85. The summed E-state index contributed by atoms with van der Waals surface area (Å²) < 4.78 is 0. The highest BCUT2D eigenvalue weighted by Gasteiger charge is 2.18. The van der Waals surface area contributed by atoms with E-state index in [2.05, 4.69) is 42.3 Å². The van der Waals surface area contributed by atoms with Gasteiger partial charge in [-0.1, -0.05) is 6.07 Å².